The number of nitrogens with zero attached hydrogens (tertiary/aromatic N) is 2. The summed E-state index contributed by atoms with van der Waals surface area (Å²) in [5.74, 6) is 0.720. The van der Waals surface area contributed by atoms with Crippen LogP contribution in [0, 0.1) is 5.92 Å². The van der Waals surface area contributed by atoms with Crippen LogP contribution < -0.4 is 5.73 Å². The highest BCUT2D eigenvalue weighted by atomic mass is 16.2. The van der Waals surface area contributed by atoms with Gasteiger partial charge in [0.25, 0.3) is 5.91 Å². The Kier molecular flexibility index (Phi) is 3.84. The highest BCUT2D eigenvalue weighted by Gasteiger charge is 2.26. The van der Waals surface area contributed by atoms with Crippen molar-refractivity contribution in [1.82, 2.24) is 9.88 Å². The molecule has 0 aromatic carbocycles. The average Bonchev–Trinajstić information content (AvgIpc) is 2.38. The van der Waals surface area contributed by atoms with Crippen LogP contribution in [-0.4, -0.2) is 28.9 Å². The molecule has 0 unspecified atom stereocenters. The van der Waals surface area contributed by atoms with Gasteiger partial charge in [0, 0.05) is 19.3 Å². The maximum atomic E-state index is 12.3. The number of nitrogen functional groups attached to an aromatic ring is 1. The van der Waals surface area contributed by atoms with Crippen molar-refractivity contribution >= 4 is 11.6 Å². The van der Waals surface area contributed by atoms with Crippen LogP contribution in [0.2, 0.25) is 0 Å². The van der Waals surface area contributed by atoms with Gasteiger partial charge in [0.05, 0.1) is 5.69 Å². The Balaban J connectivity index is 2.07. The third-order valence-corrected chi connectivity index (χ3v) is 3.89. The van der Waals surface area contributed by atoms with E-state index >= 15 is 0 Å². The molecule has 1 aliphatic carbocycles. The van der Waals surface area contributed by atoms with Crippen LogP contribution in [0.3, 0.4) is 0 Å². The van der Waals surface area contributed by atoms with E-state index in [9.17, 15) is 4.79 Å². The summed E-state index contributed by atoms with van der Waals surface area (Å²) in [5, 5.41) is 0. The lowest BCUT2D eigenvalue weighted by molar-refractivity contribution is 0.0675. The Bertz CT molecular complexity index is 425. The number of amides is 1. The van der Waals surface area contributed by atoms with E-state index < -0.39 is 0 Å². The summed E-state index contributed by atoms with van der Waals surface area (Å²) in [6.07, 6.45) is 6.16. The second-order valence-electron chi connectivity index (χ2n) is 5.27. The van der Waals surface area contributed by atoms with Gasteiger partial charge in [-0.25, -0.2) is 4.98 Å². The molecule has 1 heterocycles. The summed E-state index contributed by atoms with van der Waals surface area (Å²) in [5.41, 5.74) is 6.63. The number of pyridine rings is 1. The number of anilines is 1. The van der Waals surface area contributed by atoms with Crippen molar-refractivity contribution in [2.45, 2.75) is 38.6 Å². The zero-order valence-corrected chi connectivity index (χ0v) is 11.1. The number of hydrogen-bond acceptors (Lipinski definition) is 3. The molecule has 0 radical (unpaired) electrons. The molecule has 1 saturated carbocycles. The fraction of sp³-hybridized carbons (Fsp3) is 0.571. The van der Waals surface area contributed by atoms with Gasteiger partial charge in [0.2, 0.25) is 0 Å². The SMILES string of the molecule is CC1CCC(N(C)C(=O)c2ncccc2N)CC1. The summed E-state index contributed by atoms with van der Waals surface area (Å²) in [7, 11) is 1.86. The van der Waals surface area contributed by atoms with Crippen LogP contribution in [0.5, 0.6) is 0 Å². The van der Waals surface area contributed by atoms with Crippen LogP contribution in [0.25, 0.3) is 0 Å². The first-order chi connectivity index (χ1) is 8.59. The molecule has 1 aromatic heterocycles. The molecule has 1 amide bonds. The standard InChI is InChI=1S/C14H21N3O/c1-10-5-7-11(8-6-10)17(2)14(18)13-12(15)4-3-9-16-13/h3-4,9-11H,5-8,15H2,1-2H3. The van der Waals surface area contributed by atoms with Gasteiger partial charge >= 0.3 is 0 Å². The molecule has 18 heavy (non-hydrogen) atoms. The lowest BCUT2D eigenvalue weighted by Crippen LogP contribution is -2.39. The van der Waals surface area contributed by atoms with Crippen LogP contribution in [-0.2, 0) is 0 Å². The zero-order valence-electron chi connectivity index (χ0n) is 11.1. The van der Waals surface area contributed by atoms with Crippen LogP contribution in [0.15, 0.2) is 18.3 Å². The number of aromatic nitrogens is 1. The van der Waals surface area contributed by atoms with Crippen molar-refractivity contribution < 1.29 is 4.79 Å². The van der Waals surface area contributed by atoms with Crippen molar-refractivity contribution in [2.24, 2.45) is 5.92 Å². The summed E-state index contributed by atoms with van der Waals surface area (Å²) in [4.78, 5) is 18.2. The number of carbonyl (C=O) groups is 1. The van der Waals surface area contributed by atoms with E-state index in [1.807, 2.05) is 11.9 Å². The van der Waals surface area contributed by atoms with Crippen LogP contribution in [0.4, 0.5) is 5.69 Å². The molecule has 4 nitrogen and oxygen atoms in total. The summed E-state index contributed by atoms with van der Waals surface area (Å²) < 4.78 is 0. The quantitative estimate of drug-likeness (QED) is 0.872. The predicted octanol–water partition coefficient (Wildman–Crippen LogP) is 2.31. The first-order valence-corrected chi connectivity index (χ1v) is 6.57. The summed E-state index contributed by atoms with van der Waals surface area (Å²) in [6, 6.07) is 3.79. The lowest BCUT2D eigenvalue weighted by Gasteiger charge is -2.33. The Morgan fingerprint density at radius 1 is 1.39 bits per heavy atom. The van der Waals surface area contributed by atoms with Gasteiger partial charge in [0.15, 0.2) is 5.69 Å². The summed E-state index contributed by atoms with van der Waals surface area (Å²) >= 11 is 0. The molecular formula is C14H21N3O. The molecule has 0 bridgehead atoms. The molecule has 4 heteroatoms. The van der Waals surface area contributed by atoms with Crippen molar-refractivity contribution in [3.8, 4) is 0 Å². The van der Waals surface area contributed by atoms with E-state index in [0.717, 1.165) is 18.8 Å². The van der Waals surface area contributed by atoms with E-state index in [2.05, 4.69) is 11.9 Å². The largest absolute Gasteiger partial charge is 0.397 e. The van der Waals surface area contributed by atoms with E-state index in [1.165, 1.54) is 12.8 Å². The molecule has 1 aromatic rings. The number of rotatable bonds is 2. The lowest BCUT2D eigenvalue weighted by atomic mass is 9.86. The van der Waals surface area contributed by atoms with Gasteiger partial charge < -0.3 is 10.6 Å². The van der Waals surface area contributed by atoms with Crippen molar-refractivity contribution in [2.75, 3.05) is 12.8 Å². The molecule has 2 N–H and O–H groups in total. The summed E-state index contributed by atoms with van der Waals surface area (Å²) in [6.45, 7) is 2.27. The molecule has 0 atom stereocenters. The first-order valence-electron chi connectivity index (χ1n) is 6.57. The highest BCUT2D eigenvalue weighted by Crippen LogP contribution is 2.27. The molecule has 0 saturated heterocycles. The van der Waals surface area contributed by atoms with Gasteiger partial charge in [-0.1, -0.05) is 6.92 Å². The predicted molar refractivity (Wildman–Crippen MR) is 72.2 cm³/mol. The minimum Gasteiger partial charge on any atom is -0.397 e. The second-order valence-corrected chi connectivity index (χ2v) is 5.27. The minimum atomic E-state index is -0.0624. The third kappa shape index (κ3) is 2.63. The number of nitrogens with two attached hydrogens (primary N) is 1. The molecule has 2 rings (SSSR count). The van der Waals surface area contributed by atoms with Gasteiger partial charge in [-0.2, -0.15) is 0 Å². The van der Waals surface area contributed by atoms with E-state index in [0.29, 0.717) is 17.4 Å². The molecule has 1 aliphatic rings. The van der Waals surface area contributed by atoms with Crippen molar-refractivity contribution in [1.29, 1.82) is 0 Å². The number of carbonyl (C=O) groups excluding carboxylic acids is 1. The highest BCUT2D eigenvalue weighted by molar-refractivity contribution is 5.97. The monoisotopic (exact) mass is 247 g/mol. The van der Waals surface area contributed by atoms with Gasteiger partial charge in [-0.3, -0.25) is 4.79 Å². The van der Waals surface area contributed by atoms with Crippen molar-refractivity contribution in [3.05, 3.63) is 24.0 Å². The Morgan fingerprint density at radius 3 is 2.67 bits per heavy atom. The molecule has 0 aliphatic heterocycles. The second kappa shape index (κ2) is 5.38. The number of hydrogen-bond donors (Lipinski definition) is 1. The van der Waals surface area contributed by atoms with Crippen molar-refractivity contribution in [3.63, 3.8) is 0 Å². The van der Waals surface area contributed by atoms with Gasteiger partial charge in [-0.05, 0) is 43.7 Å². The maximum absolute atomic E-state index is 12.3. The molecule has 1 fully saturated rings. The molecular weight excluding hydrogens is 226 g/mol. The smallest absolute Gasteiger partial charge is 0.274 e. The Morgan fingerprint density at radius 2 is 2.06 bits per heavy atom. The molecule has 98 valence electrons. The first kappa shape index (κ1) is 12.9. The topological polar surface area (TPSA) is 59.2 Å². The average molecular weight is 247 g/mol. The van der Waals surface area contributed by atoms with Crippen LogP contribution in [0.1, 0.15) is 43.1 Å². The normalized spacial score (nSPS) is 23.7. The third-order valence-electron chi connectivity index (χ3n) is 3.89. The Hall–Kier alpha value is -1.58. The van der Waals surface area contributed by atoms with E-state index in [-0.39, 0.29) is 5.91 Å². The fourth-order valence-corrected chi connectivity index (χ4v) is 2.56. The van der Waals surface area contributed by atoms with E-state index in [4.69, 9.17) is 5.73 Å². The van der Waals surface area contributed by atoms with Gasteiger partial charge in [0.1, 0.15) is 0 Å². The fourth-order valence-electron chi connectivity index (χ4n) is 2.56. The van der Waals surface area contributed by atoms with Crippen LogP contribution >= 0.6 is 0 Å². The maximum Gasteiger partial charge on any atom is 0.274 e. The zero-order chi connectivity index (χ0) is 13.1. The molecule has 0 spiro atoms. The van der Waals surface area contributed by atoms with E-state index in [1.54, 1.807) is 18.3 Å². The van der Waals surface area contributed by atoms with Gasteiger partial charge in [-0.15, -0.1) is 0 Å². The minimum absolute atomic E-state index is 0.0624. The Labute approximate surface area is 108 Å².